The van der Waals surface area contributed by atoms with Crippen molar-refractivity contribution in [2.45, 2.75) is 31.3 Å². The number of thiophene rings is 1. The van der Waals surface area contributed by atoms with Crippen LogP contribution < -0.4 is 15.5 Å². The molecule has 0 aliphatic carbocycles. The number of hydrogen-bond acceptors (Lipinski definition) is 9. The van der Waals surface area contributed by atoms with Gasteiger partial charge >= 0.3 is 12.1 Å². The maximum atomic E-state index is 13.3. The van der Waals surface area contributed by atoms with Crippen LogP contribution >= 0.6 is 11.3 Å². The Balaban J connectivity index is 1.67. The van der Waals surface area contributed by atoms with Gasteiger partial charge in [0, 0.05) is 28.2 Å². The molecule has 39 heavy (non-hydrogen) atoms. The van der Waals surface area contributed by atoms with Gasteiger partial charge in [0.1, 0.15) is 25.8 Å². The molecule has 0 aliphatic heterocycles. The van der Waals surface area contributed by atoms with E-state index < -0.39 is 27.7 Å². The van der Waals surface area contributed by atoms with Gasteiger partial charge in [-0.25, -0.2) is 27.0 Å². The van der Waals surface area contributed by atoms with Gasteiger partial charge in [-0.2, -0.15) is 0 Å². The summed E-state index contributed by atoms with van der Waals surface area (Å²) in [5, 5.41) is 3.21. The Morgan fingerprint density at radius 3 is 2.51 bits per heavy atom. The first kappa shape index (κ1) is 28.2. The van der Waals surface area contributed by atoms with Crippen molar-refractivity contribution in [3.8, 4) is 16.2 Å². The van der Waals surface area contributed by atoms with Crippen LogP contribution in [0.15, 0.2) is 59.8 Å². The summed E-state index contributed by atoms with van der Waals surface area (Å²) in [7, 11) is -0.785. The maximum Gasteiger partial charge on any atom is 0.407 e. The molecule has 13 heteroatoms. The zero-order valence-corrected chi connectivity index (χ0v) is 23.8. The van der Waals surface area contributed by atoms with E-state index in [1.807, 2.05) is 0 Å². The SMILES string of the molecule is Bc1c(-c2ccnc3c2ccn3S(=O)(=O)c2ccccc2)sc(C(=O)OC)c1OCCNC(=O)OC(C)(C)C. The number of nitrogens with one attached hydrogen (secondary N) is 1. The molecule has 1 amide bonds. The standard InChI is InChI=1S/C26H28BN3O7S2/c1-26(2,3)37-25(32)29-13-15-36-20-19(27)21(38-22(20)24(31)35-4)17-10-12-28-23-18(17)11-14-30(23)39(33,34)16-8-6-5-7-9-16/h5-12,14H,13,15,27H2,1-4H3,(H,29,32). The number of hydrogen-bond donors (Lipinski definition) is 1. The molecular formula is C26H28BN3O7S2. The molecule has 3 heterocycles. The molecular weight excluding hydrogens is 541 g/mol. The second-order valence-corrected chi connectivity index (χ2v) is 12.3. The van der Waals surface area contributed by atoms with E-state index in [1.54, 1.807) is 58.9 Å². The van der Waals surface area contributed by atoms with Crippen LogP contribution in [0, 0.1) is 0 Å². The molecule has 0 spiro atoms. The molecule has 4 aromatic rings. The molecule has 0 radical (unpaired) electrons. The minimum Gasteiger partial charge on any atom is -0.491 e. The van der Waals surface area contributed by atoms with E-state index in [0.717, 1.165) is 3.97 Å². The lowest BCUT2D eigenvalue weighted by Crippen LogP contribution is -2.34. The summed E-state index contributed by atoms with van der Waals surface area (Å²) in [4.78, 5) is 30.0. The summed E-state index contributed by atoms with van der Waals surface area (Å²) in [6.45, 7) is 5.54. The Kier molecular flexibility index (Phi) is 8.03. The third-order valence-electron chi connectivity index (χ3n) is 5.58. The van der Waals surface area contributed by atoms with Crippen molar-refractivity contribution < 1.29 is 32.2 Å². The zero-order chi connectivity index (χ0) is 28.4. The maximum absolute atomic E-state index is 13.3. The monoisotopic (exact) mass is 569 g/mol. The van der Waals surface area contributed by atoms with Crippen LogP contribution in [-0.4, -0.2) is 63.1 Å². The number of esters is 1. The van der Waals surface area contributed by atoms with Crippen LogP contribution in [0.2, 0.25) is 0 Å². The molecule has 3 aromatic heterocycles. The van der Waals surface area contributed by atoms with Crippen LogP contribution in [0.4, 0.5) is 4.79 Å². The highest BCUT2D eigenvalue weighted by Gasteiger charge is 2.26. The summed E-state index contributed by atoms with van der Waals surface area (Å²) in [6.07, 6.45) is 2.42. The fourth-order valence-electron chi connectivity index (χ4n) is 3.89. The number of benzene rings is 1. The second-order valence-electron chi connectivity index (χ2n) is 9.51. The first-order valence-corrected chi connectivity index (χ1v) is 14.3. The van der Waals surface area contributed by atoms with Gasteiger partial charge in [-0.1, -0.05) is 18.2 Å². The average Bonchev–Trinajstić information content (AvgIpc) is 3.47. The number of amides is 1. The normalized spacial score (nSPS) is 11.8. The number of nitrogens with zero attached hydrogens (tertiary/aromatic N) is 2. The first-order chi connectivity index (χ1) is 18.4. The number of aromatic nitrogens is 2. The van der Waals surface area contributed by atoms with E-state index in [9.17, 15) is 18.0 Å². The van der Waals surface area contributed by atoms with Crippen LogP contribution in [0.25, 0.3) is 21.5 Å². The number of rotatable bonds is 8. The fourth-order valence-corrected chi connectivity index (χ4v) is 6.42. The molecule has 4 rings (SSSR count). The van der Waals surface area contributed by atoms with Crippen LogP contribution in [0.5, 0.6) is 5.75 Å². The smallest absolute Gasteiger partial charge is 0.407 e. The van der Waals surface area contributed by atoms with E-state index in [-0.39, 0.29) is 28.6 Å². The predicted octanol–water partition coefficient (Wildman–Crippen LogP) is 2.95. The number of fused-ring (bicyclic) bond motifs is 1. The summed E-state index contributed by atoms with van der Waals surface area (Å²) >= 11 is 1.17. The Hall–Kier alpha value is -3.84. The van der Waals surface area contributed by atoms with Crippen molar-refractivity contribution in [1.29, 1.82) is 0 Å². The molecule has 0 bridgehead atoms. The van der Waals surface area contributed by atoms with Crippen molar-refractivity contribution >= 4 is 57.8 Å². The third kappa shape index (κ3) is 5.94. The summed E-state index contributed by atoms with van der Waals surface area (Å²) in [5.41, 5.74) is 0.991. The van der Waals surface area contributed by atoms with E-state index in [0.29, 0.717) is 27.0 Å². The number of carbonyl (C=O) groups excluding carboxylic acids is 2. The fraction of sp³-hybridized carbons (Fsp3) is 0.269. The molecule has 0 saturated carbocycles. The molecule has 204 valence electrons. The van der Waals surface area contributed by atoms with Gasteiger partial charge in [0.05, 0.1) is 18.6 Å². The molecule has 10 nitrogen and oxygen atoms in total. The largest absolute Gasteiger partial charge is 0.491 e. The molecule has 0 unspecified atom stereocenters. The van der Waals surface area contributed by atoms with E-state index in [2.05, 4.69) is 10.3 Å². The summed E-state index contributed by atoms with van der Waals surface area (Å²) < 4.78 is 43.8. The Morgan fingerprint density at radius 2 is 1.85 bits per heavy atom. The van der Waals surface area contributed by atoms with E-state index >= 15 is 0 Å². The number of alkyl carbamates (subject to hydrolysis) is 1. The minimum absolute atomic E-state index is 0.0811. The lowest BCUT2D eigenvalue weighted by Gasteiger charge is -2.19. The van der Waals surface area contributed by atoms with Crippen molar-refractivity contribution in [3.05, 3.63) is 59.7 Å². The van der Waals surface area contributed by atoms with Gasteiger partial charge in [0.15, 0.2) is 10.5 Å². The van der Waals surface area contributed by atoms with Crippen LogP contribution in [0.1, 0.15) is 30.4 Å². The van der Waals surface area contributed by atoms with Crippen LogP contribution in [0.3, 0.4) is 0 Å². The van der Waals surface area contributed by atoms with Crippen LogP contribution in [-0.2, 0) is 19.5 Å². The number of pyridine rings is 1. The molecule has 0 atom stereocenters. The van der Waals surface area contributed by atoms with Gasteiger partial charge in [0.2, 0.25) is 0 Å². The molecule has 1 aromatic carbocycles. The average molecular weight is 569 g/mol. The second kappa shape index (κ2) is 11.1. The Bertz CT molecular complexity index is 1620. The van der Waals surface area contributed by atoms with Crippen molar-refractivity contribution in [1.82, 2.24) is 14.3 Å². The van der Waals surface area contributed by atoms with Crippen molar-refractivity contribution in [2.24, 2.45) is 0 Å². The Morgan fingerprint density at radius 1 is 1.13 bits per heavy atom. The van der Waals surface area contributed by atoms with E-state index in [4.69, 9.17) is 14.2 Å². The summed E-state index contributed by atoms with van der Waals surface area (Å²) in [5.74, 6) is -0.242. The zero-order valence-electron chi connectivity index (χ0n) is 22.2. The highest BCUT2D eigenvalue weighted by atomic mass is 32.2. The Labute approximate surface area is 231 Å². The minimum atomic E-state index is -3.87. The molecule has 1 N–H and O–H groups in total. The highest BCUT2D eigenvalue weighted by Crippen LogP contribution is 2.37. The van der Waals surface area contributed by atoms with Crippen molar-refractivity contribution in [2.75, 3.05) is 20.3 Å². The molecule has 0 fully saturated rings. The topological polar surface area (TPSA) is 126 Å². The quantitative estimate of drug-likeness (QED) is 0.195. The van der Waals surface area contributed by atoms with E-state index in [1.165, 1.54) is 43.0 Å². The molecule has 0 saturated heterocycles. The number of ether oxygens (including phenoxy) is 3. The van der Waals surface area contributed by atoms with Gasteiger partial charge in [-0.3, -0.25) is 0 Å². The van der Waals surface area contributed by atoms with Gasteiger partial charge in [-0.15, -0.1) is 11.3 Å². The third-order valence-corrected chi connectivity index (χ3v) is 8.54. The van der Waals surface area contributed by atoms with Gasteiger partial charge < -0.3 is 19.5 Å². The molecule has 0 aliphatic rings. The number of methoxy groups -OCH3 is 1. The lowest BCUT2D eigenvalue weighted by molar-refractivity contribution is 0.0516. The van der Waals surface area contributed by atoms with Gasteiger partial charge in [0.25, 0.3) is 10.0 Å². The summed E-state index contributed by atoms with van der Waals surface area (Å²) in [6, 6.07) is 11.6. The highest BCUT2D eigenvalue weighted by molar-refractivity contribution is 7.90. The predicted molar refractivity (Wildman–Crippen MR) is 151 cm³/mol. The lowest BCUT2D eigenvalue weighted by atomic mass is 9.92. The van der Waals surface area contributed by atoms with Gasteiger partial charge in [-0.05, 0) is 50.5 Å². The van der Waals surface area contributed by atoms with Crippen molar-refractivity contribution in [3.63, 3.8) is 0 Å². The number of carbonyl (C=O) groups is 2. The first-order valence-electron chi connectivity index (χ1n) is 12.0.